The predicted molar refractivity (Wildman–Crippen MR) is 108 cm³/mol. The Hall–Kier alpha value is -1.39. The lowest BCUT2D eigenvalue weighted by molar-refractivity contribution is -0.120. The second kappa shape index (κ2) is 8.53. The molecule has 0 fully saturated rings. The molecule has 0 aliphatic rings. The van der Waals surface area contributed by atoms with Crippen molar-refractivity contribution in [2.24, 2.45) is 0 Å². The van der Waals surface area contributed by atoms with E-state index in [4.69, 9.17) is 0 Å². The Bertz CT molecular complexity index is 963. The third-order valence-corrected chi connectivity index (χ3v) is 8.04. The molecule has 2 aromatic rings. The topological polar surface area (TPSA) is 109 Å². The van der Waals surface area contributed by atoms with Crippen molar-refractivity contribution in [3.63, 3.8) is 0 Å². The lowest BCUT2D eigenvalue weighted by atomic mass is 10.2. The summed E-state index contributed by atoms with van der Waals surface area (Å²) < 4.78 is 22.9. The Balaban J connectivity index is 1.94. The summed E-state index contributed by atoms with van der Waals surface area (Å²) in [5, 5.41) is 2.88. The standard InChI is InChI=1S/C16H23N3O4S3/c1-5-26(22,23)7-6-17-14(20)11(4)24-8-12-18-15(21)13-9(2)10(3)25-16(13)19-12/h11H,5-8H2,1-4H3,(H,17,20)(H,18,19,21). The number of carbonyl (C=O) groups is 1. The summed E-state index contributed by atoms with van der Waals surface area (Å²) in [6.07, 6.45) is 0. The average molecular weight is 418 g/mol. The maximum absolute atomic E-state index is 12.2. The number of sulfone groups is 1. The molecule has 0 bridgehead atoms. The van der Waals surface area contributed by atoms with Crippen molar-refractivity contribution in [1.29, 1.82) is 0 Å². The van der Waals surface area contributed by atoms with Crippen LogP contribution in [0.25, 0.3) is 10.2 Å². The van der Waals surface area contributed by atoms with Crippen LogP contribution in [0.4, 0.5) is 0 Å². The van der Waals surface area contributed by atoms with E-state index in [-0.39, 0.29) is 34.8 Å². The summed E-state index contributed by atoms with van der Waals surface area (Å²) in [4.78, 5) is 33.3. The zero-order valence-electron chi connectivity index (χ0n) is 15.2. The number of thiophene rings is 1. The minimum Gasteiger partial charge on any atom is -0.354 e. The minimum absolute atomic E-state index is 0.0603. The summed E-state index contributed by atoms with van der Waals surface area (Å²) in [5.41, 5.74) is 0.794. The molecule has 1 atom stereocenters. The molecule has 0 saturated heterocycles. The number of nitrogens with zero attached hydrogens (tertiary/aromatic N) is 1. The predicted octanol–water partition coefficient (Wildman–Crippen LogP) is 1.77. The molecule has 26 heavy (non-hydrogen) atoms. The van der Waals surface area contributed by atoms with Crippen LogP contribution in [0, 0.1) is 13.8 Å². The van der Waals surface area contributed by atoms with Crippen LogP contribution < -0.4 is 10.9 Å². The molecule has 0 aromatic carbocycles. The van der Waals surface area contributed by atoms with Gasteiger partial charge in [-0.05, 0) is 26.3 Å². The van der Waals surface area contributed by atoms with Crippen LogP contribution in [0.5, 0.6) is 0 Å². The van der Waals surface area contributed by atoms with Crippen molar-refractivity contribution in [3.8, 4) is 0 Å². The monoisotopic (exact) mass is 417 g/mol. The molecular weight excluding hydrogens is 394 g/mol. The number of hydrogen-bond acceptors (Lipinski definition) is 7. The van der Waals surface area contributed by atoms with Gasteiger partial charge in [0.2, 0.25) is 5.91 Å². The Kier molecular flexibility index (Phi) is 6.86. The second-order valence-corrected chi connectivity index (χ2v) is 11.0. The number of rotatable bonds is 8. The van der Waals surface area contributed by atoms with E-state index in [1.54, 1.807) is 13.8 Å². The molecule has 10 heteroatoms. The van der Waals surface area contributed by atoms with Gasteiger partial charge in [0.1, 0.15) is 10.7 Å². The Morgan fingerprint density at radius 2 is 2.08 bits per heavy atom. The van der Waals surface area contributed by atoms with Gasteiger partial charge < -0.3 is 10.3 Å². The smallest absolute Gasteiger partial charge is 0.259 e. The first-order valence-electron chi connectivity index (χ1n) is 8.23. The van der Waals surface area contributed by atoms with Gasteiger partial charge in [0.15, 0.2) is 9.84 Å². The van der Waals surface area contributed by atoms with Crippen LogP contribution in [0.15, 0.2) is 4.79 Å². The van der Waals surface area contributed by atoms with Crippen molar-refractivity contribution >= 4 is 49.1 Å². The molecule has 7 nitrogen and oxygen atoms in total. The zero-order chi connectivity index (χ0) is 19.5. The van der Waals surface area contributed by atoms with E-state index >= 15 is 0 Å². The highest BCUT2D eigenvalue weighted by Gasteiger charge is 2.16. The molecule has 0 saturated carbocycles. The molecule has 0 spiro atoms. The van der Waals surface area contributed by atoms with E-state index in [0.717, 1.165) is 10.4 Å². The first kappa shape index (κ1) is 20.9. The largest absolute Gasteiger partial charge is 0.354 e. The first-order valence-corrected chi connectivity index (χ1v) is 11.9. The highest BCUT2D eigenvalue weighted by atomic mass is 32.2. The molecular formula is C16H23N3O4S3. The number of aromatic nitrogens is 2. The van der Waals surface area contributed by atoms with Gasteiger partial charge in [-0.15, -0.1) is 23.1 Å². The Morgan fingerprint density at radius 3 is 2.73 bits per heavy atom. The van der Waals surface area contributed by atoms with Gasteiger partial charge in [0, 0.05) is 17.2 Å². The van der Waals surface area contributed by atoms with Gasteiger partial charge in [0.05, 0.1) is 22.1 Å². The zero-order valence-corrected chi connectivity index (χ0v) is 17.7. The molecule has 1 amide bonds. The lowest BCUT2D eigenvalue weighted by Crippen LogP contribution is -2.34. The quantitative estimate of drug-likeness (QED) is 0.678. The fourth-order valence-electron chi connectivity index (χ4n) is 2.27. The molecule has 2 heterocycles. The van der Waals surface area contributed by atoms with Gasteiger partial charge in [-0.25, -0.2) is 13.4 Å². The van der Waals surface area contributed by atoms with Crippen molar-refractivity contribution in [3.05, 3.63) is 26.6 Å². The summed E-state index contributed by atoms with van der Waals surface area (Å²) in [7, 11) is -3.09. The van der Waals surface area contributed by atoms with Crippen LogP contribution in [0.1, 0.15) is 30.1 Å². The molecule has 0 aliphatic carbocycles. The maximum Gasteiger partial charge on any atom is 0.259 e. The molecule has 0 aliphatic heterocycles. The number of carbonyl (C=O) groups excluding carboxylic acids is 1. The number of aryl methyl sites for hydroxylation is 2. The van der Waals surface area contributed by atoms with Crippen molar-refractivity contribution in [1.82, 2.24) is 15.3 Å². The van der Waals surface area contributed by atoms with E-state index < -0.39 is 9.84 Å². The minimum atomic E-state index is -3.09. The maximum atomic E-state index is 12.2. The van der Waals surface area contributed by atoms with E-state index in [9.17, 15) is 18.0 Å². The third-order valence-electron chi connectivity index (χ3n) is 4.08. The van der Waals surface area contributed by atoms with Crippen molar-refractivity contribution < 1.29 is 13.2 Å². The number of hydrogen-bond donors (Lipinski definition) is 2. The number of aromatic amines is 1. The second-order valence-electron chi connectivity index (χ2n) is 5.96. The molecule has 1 unspecified atom stereocenters. The highest BCUT2D eigenvalue weighted by Crippen LogP contribution is 2.26. The molecule has 0 radical (unpaired) electrons. The fraction of sp³-hybridized carbons (Fsp3) is 0.562. The highest BCUT2D eigenvalue weighted by molar-refractivity contribution is 7.99. The molecule has 2 N–H and O–H groups in total. The van der Waals surface area contributed by atoms with Crippen molar-refractivity contribution in [2.75, 3.05) is 18.1 Å². The van der Waals surface area contributed by atoms with Crippen LogP contribution in [0.3, 0.4) is 0 Å². The number of thioether (sulfide) groups is 1. The lowest BCUT2D eigenvalue weighted by Gasteiger charge is -2.11. The van der Waals surface area contributed by atoms with Crippen LogP contribution >= 0.6 is 23.1 Å². The van der Waals surface area contributed by atoms with Gasteiger partial charge in [-0.3, -0.25) is 9.59 Å². The van der Waals surface area contributed by atoms with Crippen LogP contribution in [-0.4, -0.2) is 47.6 Å². The van der Waals surface area contributed by atoms with Crippen LogP contribution in [-0.2, 0) is 20.4 Å². The summed E-state index contributed by atoms with van der Waals surface area (Å²) in [5.74, 6) is 0.698. The van der Waals surface area contributed by atoms with E-state index in [1.165, 1.54) is 23.1 Å². The normalized spacial score (nSPS) is 13.1. The van der Waals surface area contributed by atoms with Gasteiger partial charge in [-0.2, -0.15) is 0 Å². The van der Waals surface area contributed by atoms with Gasteiger partial charge in [0.25, 0.3) is 5.56 Å². The van der Waals surface area contributed by atoms with Gasteiger partial charge >= 0.3 is 0 Å². The van der Waals surface area contributed by atoms with E-state index in [0.29, 0.717) is 21.8 Å². The summed E-state index contributed by atoms with van der Waals surface area (Å²) in [6, 6.07) is 0. The van der Waals surface area contributed by atoms with Crippen molar-refractivity contribution in [2.45, 2.75) is 38.7 Å². The van der Waals surface area contributed by atoms with E-state index in [2.05, 4.69) is 15.3 Å². The molecule has 2 rings (SSSR count). The molecule has 144 valence electrons. The number of nitrogens with one attached hydrogen (secondary N) is 2. The number of H-pyrrole nitrogens is 1. The Labute approximate surface area is 160 Å². The summed E-state index contributed by atoms with van der Waals surface area (Å²) in [6.45, 7) is 7.29. The van der Waals surface area contributed by atoms with Gasteiger partial charge in [-0.1, -0.05) is 6.92 Å². The SMILES string of the molecule is CCS(=O)(=O)CCNC(=O)C(C)SCc1nc2sc(C)c(C)c2c(=O)[nH]1. The van der Waals surface area contributed by atoms with E-state index in [1.807, 2.05) is 13.8 Å². The first-order chi connectivity index (χ1) is 12.1. The summed E-state index contributed by atoms with van der Waals surface area (Å²) >= 11 is 2.83. The van der Waals surface area contributed by atoms with Crippen LogP contribution in [0.2, 0.25) is 0 Å². The third kappa shape index (κ3) is 5.08. The fourth-order valence-corrected chi connectivity index (χ4v) is 4.79. The number of amides is 1. The average Bonchev–Trinajstić information content (AvgIpc) is 2.87. The Morgan fingerprint density at radius 1 is 1.38 bits per heavy atom. The number of fused-ring (bicyclic) bond motifs is 1. The molecule has 2 aromatic heterocycles.